The molecule has 3 nitrogen and oxygen atoms in total. The molecule has 1 aliphatic rings. The van der Waals surface area contributed by atoms with Crippen LogP contribution in [-0.4, -0.2) is 28.8 Å². The van der Waals surface area contributed by atoms with E-state index in [1.165, 1.54) is 12.8 Å². The normalized spacial score (nSPS) is 17.1. The molecule has 0 atom stereocenters. The lowest BCUT2D eigenvalue weighted by molar-refractivity contribution is 0.408. The monoisotopic (exact) mass is 259 g/mol. The zero-order valence-electron chi connectivity index (χ0n) is 10.3. The van der Waals surface area contributed by atoms with Gasteiger partial charge >= 0.3 is 0 Å². The summed E-state index contributed by atoms with van der Waals surface area (Å²) in [5.74, 6) is 1.99. The summed E-state index contributed by atoms with van der Waals surface area (Å²) in [6.07, 6.45) is 4.47. The molecule has 0 aliphatic carbocycles. The zero-order valence-corrected chi connectivity index (χ0v) is 11.1. The maximum Gasteiger partial charge on any atom is 0.115 e. The third-order valence-corrected chi connectivity index (χ3v) is 4.48. The Morgan fingerprint density at radius 1 is 1.17 bits per heavy atom. The van der Waals surface area contributed by atoms with Crippen molar-refractivity contribution in [3.05, 3.63) is 30.5 Å². The van der Waals surface area contributed by atoms with Crippen molar-refractivity contribution in [2.45, 2.75) is 17.9 Å². The summed E-state index contributed by atoms with van der Waals surface area (Å²) < 4.78 is 0. The highest BCUT2D eigenvalue weighted by Gasteiger charge is 2.13. The quantitative estimate of drug-likeness (QED) is 0.860. The standard InChI is InChI=1S/C14H17N3S/c1-2-4-13-12(3-1)16-9-14(17-13)18-10-11-5-7-15-8-6-11/h1-4,9,11,15H,5-8,10H2. The van der Waals surface area contributed by atoms with Gasteiger partial charge in [-0.25, -0.2) is 4.98 Å². The molecule has 0 radical (unpaired) electrons. The van der Waals surface area contributed by atoms with Gasteiger partial charge in [-0.05, 0) is 44.0 Å². The van der Waals surface area contributed by atoms with Crippen molar-refractivity contribution >= 4 is 22.8 Å². The predicted molar refractivity (Wildman–Crippen MR) is 75.9 cm³/mol. The molecule has 1 saturated heterocycles. The smallest absolute Gasteiger partial charge is 0.115 e. The number of hydrogen-bond acceptors (Lipinski definition) is 4. The van der Waals surface area contributed by atoms with E-state index in [1.807, 2.05) is 42.2 Å². The van der Waals surface area contributed by atoms with Crippen LogP contribution in [0.2, 0.25) is 0 Å². The summed E-state index contributed by atoms with van der Waals surface area (Å²) in [4.78, 5) is 9.09. The number of benzene rings is 1. The molecule has 2 heterocycles. The number of nitrogens with one attached hydrogen (secondary N) is 1. The van der Waals surface area contributed by atoms with Crippen LogP contribution in [0.15, 0.2) is 35.5 Å². The second-order valence-corrected chi connectivity index (χ2v) is 5.74. The highest BCUT2D eigenvalue weighted by Crippen LogP contribution is 2.24. The Balaban J connectivity index is 1.66. The van der Waals surface area contributed by atoms with Gasteiger partial charge in [-0.15, -0.1) is 11.8 Å². The minimum Gasteiger partial charge on any atom is -0.317 e. The molecule has 4 heteroatoms. The summed E-state index contributed by atoms with van der Waals surface area (Å²) >= 11 is 1.84. The number of nitrogens with zero attached hydrogens (tertiary/aromatic N) is 2. The van der Waals surface area contributed by atoms with Crippen LogP contribution in [0.5, 0.6) is 0 Å². The second kappa shape index (κ2) is 5.67. The van der Waals surface area contributed by atoms with Crippen molar-refractivity contribution in [3.63, 3.8) is 0 Å². The topological polar surface area (TPSA) is 37.8 Å². The van der Waals surface area contributed by atoms with Crippen LogP contribution >= 0.6 is 11.8 Å². The number of hydrogen-bond donors (Lipinski definition) is 1. The van der Waals surface area contributed by atoms with E-state index in [-0.39, 0.29) is 0 Å². The molecule has 2 aromatic rings. The van der Waals surface area contributed by atoms with Crippen LogP contribution in [0, 0.1) is 5.92 Å². The van der Waals surface area contributed by atoms with Crippen molar-refractivity contribution in [1.82, 2.24) is 15.3 Å². The summed E-state index contributed by atoms with van der Waals surface area (Å²) in [5.41, 5.74) is 1.97. The lowest BCUT2D eigenvalue weighted by Gasteiger charge is -2.21. The molecule has 1 N–H and O–H groups in total. The van der Waals surface area contributed by atoms with Crippen LogP contribution < -0.4 is 5.32 Å². The molecule has 1 aromatic heterocycles. The first-order valence-corrected chi connectivity index (χ1v) is 7.46. The van der Waals surface area contributed by atoms with E-state index in [9.17, 15) is 0 Å². The zero-order chi connectivity index (χ0) is 12.2. The Morgan fingerprint density at radius 2 is 1.94 bits per heavy atom. The number of para-hydroxylation sites is 2. The van der Waals surface area contributed by atoms with Crippen LogP contribution in [0.4, 0.5) is 0 Å². The van der Waals surface area contributed by atoms with E-state index in [4.69, 9.17) is 0 Å². The SMILES string of the molecule is c1ccc2nc(SCC3CCNCC3)cnc2c1. The van der Waals surface area contributed by atoms with Gasteiger partial charge in [0.05, 0.1) is 17.2 Å². The maximum atomic E-state index is 4.64. The van der Waals surface area contributed by atoms with Crippen LogP contribution in [0.1, 0.15) is 12.8 Å². The third-order valence-electron chi connectivity index (χ3n) is 3.35. The molecule has 94 valence electrons. The Bertz CT molecular complexity index is 523. The third kappa shape index (κ3) is 2.82. The van der Waals surface area contributed by atoms with Crippen molar-refractivity contribution in [2.75, 3.05) is 18.8 Å². The second-order valence-electron chi connectivity index (χ2n) is 4.70. The Kier molecular flexibility index (Phi) is 3.76. The van der Waals surface area contributed by atoms with Gasteiger partial charge in [0.15, 0.2) is 0 Å². The molecule has 1 aliphatic heterocycles. The minimum atomic E-state index is 0.824. The number of piperidine rings is 1. The van der Waals surface area contributed by atoms with Gasteiger partial charge < -0.3 is 5.32 Å². The molecule has 0 saturated carbocycles. The fraction of sp³-hybridized carbons (Fsp3) is 0.429. The van der Waals surface area contributed by atoms with Crippen LogP contribution in [0.25, 0.3) is 11.0 Å². The van der Waals surface area contributed by atoms with Crippen molar-refractivity contribution in [3.8, 4) is 0 Å². The van der Waals surface area contributed by atoms with Gasteiger partial charge in [0.1, 0.15) is 5.03 Å². The molecule has 1 fully saturated rings. The number of fused-ring (bicyclic) bond motifs is 1. The average Bonchev–Trinajstić information content (AvgIpc) is 2.46. The van der Waals surface area contributed by atoms with E-state index in [1.54, 1.807) is 0 Å². The number of aromatic nitrogens is 2. The number of thioether (sulfide) groups is 1. The van der Waals surface area contributed by atoms with E-state index in [0.717, 1.165) is 40.8 Å². The molecule has 0 unspecified atom stereocenters. The Hall–Kier alpha value is -1.13. The van der Waals surface area contributed by atoms with Crippen LogP contribution in [0.3, 0.4) is 0 Å². The lowest BCUT2D eigenvalue weighted by Crippen LogP contribution is -2.28. The fourth-order valence-corrected chi connectivity index (χ4v) is 3.29. The summed E-state index contributed by atoms with van der Waals surface area (Å²) in [6, 6.07) is 8.04. The number of rotatable bonds is 3. The molecule has 1 aromatic carbocycles. The molecule has 3 rings (SSSR count). The summed E-state index contributed by atoms with van der Waals surface area (Å²) in [7, 11) is 0. The molecule has 0 amide bonds. The van der Waals surface area contributed by atoms with Crippen LogP contribution in [-0.2, 0) is 0 Å². The molecular weight excluding hydrogens is 242 g/mol. The van der Waals surface area contributed by atoms with E-state index in [0.29, 0.717) is 0 Å². The van der Waals surface area contributed by atoms with Crippen molar-refractivity contribution in [2.24, 2.45) is 5.92 Å². The lowest BCUT2D eigenvalue weighted by atomic mass is 10.0. The highest BCUT2D eigenvalue weighted by molar-refractivity contribution is 7.99. The molecular formula is C14H17N3S. The maximum absolute atomic E-state index is 4.64. The first-order chi connectivity index (χ1) is 8.92. The van der Waals surface area contributed by atoms with Gasteiger partial charge in [0, 0.05) is 5.75 Å². The highest BCUT2D eigenvalue weighted by atomic mass is 32.2. The Morgan fingerprint density at radius 3 is 2.78 bits per heavy atom. The van der Waals surface area contributed by atoms with Crippen molar-refractivity contribution in [1.29, 1.82) is 0 Å². The van der Waals surface area contributed by atoms with E-state index < -0.39 is 0 Å². The molecule has 0 bridgehead atoms. The first kappa shape index (κ1) is 11.9. The summed E-state index contributed by atoms with van der Waals surface area (Å²) in [5, 5.41) is 4.45. The first-order valence-electron chi connectivity index (χ1n) is 6.47. The molecule has 18 heavy (non-hydrogen) atoms. The van der Waals surface area contributed by atoms with Gasteiger partial charge in [0.25, 0.3) is 0 Å². The van der Waals surface area contributed by atoms with Gasteiger partial charge in [-0.2, -0.15) is 0 Å². The fourth-order valence-electron chi connectivity index (χ4n) is 2.26. The average molecular weight is 259 g/mol. The Labute approximate surface area is 111 Å². The molecule has 0 spiro atoms. The van der Waals surface area contributed by atoms with E-state index in [2.05, 4.69) is 15.3 Å². The van der Waals surface area contributed by atoms with Gasteiger partial charge in [0.2, 0.25) is 0 Å². The van der Waals surface area contributed by atoms with E-state index >= 15 is 0 Å². The predicted octanol–water partition coefficient (Wildman–Crippen LogP) is 2.72. The van der Waals surface area contributed by atoms with Crippen molar-refractivity contribution < 1.29 is 0 Å². The van der Waals surface area contributed by atoms with Gasteiger partial charge in [-0.3, -0.25) is 4.98 Å². The van der Waals surface area contributed by atoms with Gasteiger partial charge in [-0.1, -0.05) is 12.1 Å². The summed E-state index contributed by atoms with van der Waals surface area (Å²) in [6.45, 7) is 2.32. The largest absolute Gasteiger partial charge is 0.317 e. The minimum absolute atomic E-state index is 0.824.